The van der Waals surface area contributed by atoms with E-state index in [2.05, 4.69) is 11.9 Å². The third kappa shape index (κ3) is 6.55. The molecule has 0 aliphatic heterocycles. The van der Waals surface area contributed by atoms with Crippen molar-refractivity contribution in [3.05, 3.63) is 24.6 Å². The first-order valence-corrected chi connectivity index (χ1v) is 2.30. The van der Waals surface area contributed by atoms with E-state index in [4.69, 9.17) is 11.5 Å². The van der Waals surface area contributed by atoms with E-state index in [-0.39, 0.29) is 0 Å². The van der Waals surface area contributed by atoms with Gasteiger partial charge in [-0.15, -0.1) is 0 Å². The van der Waals surface area contributed by atoms with Gasteiger partial charge < -0.3 is 16.8 Å². The molecule has 0 heterocycles. The topological polar surface area (TPSA) is 81.1 Å². The molecule has 0 aromatic carbocycles. The Morgan fingerprint density at radius 1 is 1.56 bits per heavy atom. The molecule has 0 aromatic rings. The Kier molecular flexibility index (Phi) is 2.97. The van der Waals surface area contributed by atoms with Gasteiger partial charge >= 0.3 is 6.03 Å². The van der Waals surface area contributed by atoms with Crippen LogP contribution in [0.25, 0.3) is 0 Å². The first-order valence-electron chi connectivity index (χ1n) is 2.30. The Hall–Kier alpha value is -1.45. The average molecular weight is 127 g/mol. The molecule has 4 nitrogen and oxygen atoms in total. The minimum atomic E-state index is -0.618. The lowest BCUT2D eigenvalue weighted by atomic mass is 10.5. The second kappa shape index (κ2) is 3.54. The predicted octanol–water partition coefficient (Wildman–Crippen LogP) is -0.359. The number of hydrogen-bond acceptors (Lipinski definition) is 2. The summed E-state index contributed by atoms with van der Waals surface area (Å²) < 4.78 is 0. The molecular formula is C5H9N3O. The summed E-state index contributed by atoms with van der Waals surface area (Å²) in [6.45, 7) is 3.35. The maximum atomic E-state index is 9.97. The first-order chi connectivity index (χ1) is 4.13. The van der Waals surface area contributed by atoms with Crippen molar-refractivity contribution in [3.63, 3.8) is 0 Å². The number of hydrogen-bond donors (Lipinski definition) is 3. The zero-order valence-electron chi connectivity index (χ0n) is 4.92. The highest BCUT2D eigenvalue weighted by molar-refractivity contribution is 5.72. The normalized spacial score (nSPS) is 9.33. The highest BCUT2D eigenvalue weighted by atomic mass is 16.2. The van der Waals surface area contributed by atoms with E-state index in [0.29, 0.717) is 5.70 Å². The zero-order chi connectivity index (χ0) is 7.28. The van der Waals surface area contributed by atoms with Crippen LogP contribution in [0.4, 0.5) is 4.79 Å². The van der Waals surface area contributed by atoms with Crippen LogP contribution < -0.4 is 16.8 Å². The summed E-state index contributed by atoms with van der Waals surface area (Å²) in [5.74, 6) is 0. The summed E-state index contributed by atoms with van der Waals surface area (Å²) in [5, 5.41) is 2.19. The van der Waals surface area contributed by atoms with Crippen molar-refractivity contribution < 1.29 is 4.79 Å². The molecule has 0 aliphatic rings. The van der Waals surface area contributed by atoms with Crippen molar-refractivity contribution in [3.8, 4) is 0 Å². The van der Waals surface area contributed by atoms with Crippen LogP contribution in [-0.4, -0.2) is 6.03 Å². The molecule has 0 radical (unpaired) electrons. The van der Waals surface area contributed by atoms with Crippen LogP contribution in [0.3, 0.4) is 0 Å². The molecule has 0 atom stereocenters. The molecule has 5 N–H and O–H groups in total. The lowest BCUT2D eigenvalue weighted by Crippen LogP contribution is -2.24. The van der Waals surface area contributed by atoms with Crippen molar-refractivity contribution in [2.45, 2.75) is 0 Å². The van der Waals surface area contributed by atoms with E-state index in [1.54, 1.807) is 0 Å². The van der Waals surface area contributed by atoms with Crippen LogP contribution in [-0.2, 0) is 0 Å². The van der Waals surface area contributed by atoms with E-state index in [0.717, 1.165) is 0 Å². The summed E-state index contributed by atoms with van der Waals surface area (Å²) in [6, 6.07) is -0.618. The van der Waals surface area contributed by atoms with Crippen LogP contribution in [0.1, 0.15) is 0 Å². The van der Waals surface area contributed by atoms with Gasteiger partial charge in [-0.25, -0.2) is 4.79 Å². The molecule has 0 saturated carbocycles. The molecule has 0 fully saturated rings. The van der Waals surface area contributed by atoms with Crippen molar-refractivity contribution in [1.82, 2.24) is 5.32 Å². The number of nitrogens with one attached hydrogen (secondary N) is 1. The van der Waals surface area contributed by atoms with Gasteiger partial charge in [-0.05, 0) is 6.08 Å². The van der Waals surface area contributed by atoms with Gasteiger partial charge in [-0.1, -0.05) is 6.58 Å². The average Bonchev–Trinajstić information content (AvgIpc) is 1.63. The highest BCUT2D eigenvalue weighted by Gasteiger charge is 1.80. The Bertz CT molecular complexity index is 150. The lowest BCUT2D eigenvalue weighted by Gasteiger charge is -1.89. The molecule has 0 rings (SSSR count). The summed E-state index contributed by atoms with van der Waals surface area (Å²) in [5.41, 5.74) is 10.2. The largest absolute Gasteiger partial charge is 0.399 e. The van der Waals surface area contributed by atoms with E-state index < -0.39 is 6.03 Å². The van der Waals surface area contributed by atoms with Gasteiger partial charge in [0.1, 0.15) is 0 Å². The van der Waals surface area contributed by atoms with Crippen molar-refractivity contribution in [2.75, 3.05) is 0 Å². The number of allylic oxidation sites excluding steroid dienone is 1. The second-order valence-electron chi connectivity index (χ2n) is 1.42. The second-order valence-corrected chi connectivity index (χ2v) is 1.42. The molecule has 0 spiro atoms. The van der Waals surface area contributed by atoms with Crippen LogP contribution in [0.15, 0.2) is 24.6 Å². The van der Waals surface area contributed by atoms with Crippen LogP contribution >= 0.6 is 0 Å². The number of primary amides is 1. The number of carbonyl (C=O) groups is 1. The van der Waals surface area contributed by atoms with Crippen molar-refractivity contribution >= 4 is 6.03 Å². The third-order valence-corrected chi connectivity index (χ3v) is 0.523. The number of rotatable bonds is 2. The Morgan fingerprint density at radius 3 is 2.44 bits per heavy atom. The smallest absolute Gasteiger partial charge is 0.316 e. The van der Waals surface area contributed by atoms with Gasteiger partial charge in [0.25, 0.3) is 0 Å². The van der Waals surface area contributed by atoms with Crippen molar-refractivity contribution in [2.24, 2.45) is 11.5 Å². The van der Waals surface area contributed by atoms with Gasteiger partial charge in [-0.3, -0.25) is 0 Å². The lowest BCUT2D eigenvalue weighted by molar-refractivity contribution is 0.252. The SMILES string of the molecule is C=C(N)/C=C\NC(N)=O. The summed E-state index contributed by atoms with van der Waals surface area (Å²) in [7, 11) is 0. The van der Waals surface area contributed by atoms with Gasteiger partial charge in [-0.2, -0.15) is 0 Å². The molecule has 0 saturated heterocycles. The van der Waals surface area contributed by atoms with Crippen LogP contribution in [0, 0.1) is 0 Å². The summed E-state index contributed by atoms with van der Waals surface area (Å²) in [4.78, 5) is 9.97. The van der Waals surface area contributed by atoms with E-state index in [1.165, 1.54) is 12.3 Å². The molecule has 9 heavy (non-hydrogen) atoms. The molecule has 4 heteroatoms. The van der Waals surface area contributed by atoms with Crippen molar-refractivity contribution in [1.29, 1.82) is 0 Å². The Labute approximate surface area is 53.2 Å². The molecular weight excluding hydrogens is 118 g/mol. The predicted molar refractivity (Wildman–Crippen MR) is 35.2 cm³/mol. The molecule has 0 aromatic heterocycles. The molecule has 2 amide bonds. The fourth-order valence-corrected chi connectivity index (χ4v) is 0.231. The maximum Gasteiger partial charge on any atom is 0.316 e. The fraction of sp³-hybridized carbons (Fsp3) is 0. The minimum absolute atomic E-state index is 0.365. The van der Waals surface area contributed by atoms with E-state index in [9.17, 15) is 4.79 Å². The fourth-order valence-electron chi connectivity index (χ4n) is 0.231. The van der Waals surface area contributed by atoms with Gasteiger partial charge in [0.2, 0.25) is 0 Å². The number of carbonyl (C=O) groups excluding carboxylic acids is 1. The standard InChI is InChI=1S/C5H9N3O/c1-4(6)2-3-8-5(7)9/h2-3H,1,6H2,(H3,7,8,9)/b3-2-. The molecule has 50 valence electrons. The van der Waals surface area contributed by atoms with Gasteiger partial charge in [0.15, 0.2) is 0 Å². The first kappa shape index (κ1) is 7.55. The molecule has 0 aliphatic carbocycles. The van der Waals surface area contributed by atoms with Crippen LogP contribution in [0.2, 0.25) is 0 Å². The number of nitrogens with two attached hydrogens (primary N) is 2. The van der Waals surface area contributed by atoms with Gasteiger partial charge in [0.05, 0.1) is 0 Å². The Morgan fingerprint density at radius 2 is 2.11 bits per heavy atom. The molecule has 0 bridgehead atoms. The quantitative estimate of drug-likeness (QED) is 0.443. The Balaban J connectivity index is 3.48. The summed E-state index contributed by atoms with van der Waals surface area (Å²) in [6.07, 6.45) is 2.76. The van der Waals surface area contributed by atoms with Gasteiger partial charge in [0, 0.05) is 11.9 Å². The summed E-state index contributed by atoms with van der Waals surface area (Å²) >= 11 is 0. The van der Waals surface area contributed by atoms with Crippen LogP contribution in [0.5, 0.6) is 0 Å². The zero-order valence-corrected chi connectivity index (χ0v) is 4.92. The number of amides is 2. The monoisotopic (exact) mass is 127 g/mol. The third-order valence-electron chi connectivity index (χ3n) is 0.523. The van der Waals surface area contributed by atoms with E-state index in [1.807, 2.05) is 0 Å². The molecule has 0 unspecified atom stereocenters. The number of urea groups is 1. The van der Waals surface area contributed by atoms with E-state index >= 15 is 0 Å². The highest BCUT2D eigenvalue weighted by Crippen LogP contribution is 1.75. The maximum absolute atomic E-state index is 9.97. The minimum Gasteiger partial charge on any atom is -0.399 e.